The molecule has 1 saturated heterocycles. The molecule has 124 valence electrons. The highest BCUT2D eigenvalue weighted by molar-refractivity contribution is 5.80. The standard InChI is InChI=1S/C14H27F3N4/c1-4-6-8-20(3)13(18-5-2)19-12-7-9-21(10-12)11-14(15,16)17/h12H,4-11H2,1-3H3,(H,18,19). The van der Waals surface area contributed by atoms with Crippen LogP contribution in [0, 0.1) is 0 Å². The first-order valence-corrected chi connectivity index (χ1v) is 7.67. The normalized spacial score (nSPS) is 20.9. The van der Waals surface area contributed by atoms with E-state index >= 15 is 0 Å². The second kappa shape index (κ2) is 8.46. The second-order valence-corrected chi connectivity index (χ2v) is 5.55. The zero-order valence-corrected chi connectivity index (χ0v) is 13.2. The highest BCUT2D eigenvalue weighted by atomic mass is 19.4. The number of likely N-dealkylation sites (tertiary alicyclic amines) is 1. The van der Waals surface area contributed by atoms with Crippen LogP contribution in [0.1, 0.15) is 33.1 Å². The number of alkyl halides is 3. The van der Waals surface area contributed by atoms with E-state index in [4.69, 9.17) is 0 Å². The molecule has 0 radical (unpaired) electrons. The quantitative estimate of drug-likeness (QED) is 0.603. The van der Waals surface area contributed by atoms with Crippen molar-refractivity contribution in [1.82, 2.24) is 15.1 Å². The van der Waals surface area contributed by atoms with Gasteiger partial charge in [0.2, 0.25) is 0 Å². The van der Waals surface area contributed by atoms with Gasteiger partial charge in [-0.1, -0.05) is 13.3 Å². The van der Waals surface area contributed by atoms with E-state index in [1.807, 2.05) is 14.0 Å². The number of hydrogen-bond donors (Lipinski definition) is 1. The van der Waals surface area contributed by atoms with Gasteiger partial charge in [-0.25, -0.2) is 0 Å². The maximum absolute atomic E-state index is 12.4. The first-order chi connectivity index (χ1) is 9.85. The number of hydrogen-bond acceptors (Lipinski definition) is 2. The van der Waals surface area contributed by atoms with Crippen LogP contribution in [-0.4, -0.2) is 67.7 Å². The summed E-state index contributed by atoms with van der Waals surface area (Å²) in [4.78, 5) is 7.94. The van der Waals surface area contributed by atoms with E-state index in [1.165, 1.54) is 4.90 Å². The van der Waals surface area contributed by atoms with Gasteiger partial charge in [-0.3, -0.25) is 9.89 Å². The molecule has 0 amide bonds. The van der Waals surface area contributed by atoms with Crippen molar-refractivity contribution in [3.8, 4) is 0 Å². The summed E-state index contributed by atoms with van der Waals surface area (Å²) in [6.45, 7) is 5.74. The highest BCUT2D eigenvalue weighted by Crippen LogP contribution is 2.20. The van der Waals surface area contributed by atoms with E-state index < -0.39 is 12.7 Å². The molecule has 1 unspecified atom stereocenters. The SMILES string of the molecule is CCCCN(C)C(=NCC)NC1CCN(CC(F)(F)F)C1. The van der Waals surface area contributed by atoms with Gasteiger partial charge in [-0.05, 0) is 19.8 Å². The number of halogens is 3. The molecule has 0 spiro atoms. The van der Waals surface area contributed by atoms with Crippen LogP contribution in [0.15, 0.2) is 4.99 Å². The Labute approximate surface area is 125 Å². The number of nitrogens with one attached hydrogen (secondary N) is 1. The molecule has 7 heteroatoms. The minimum absolute atomic E-state index is 0.0433. The maximum Gasteiger partial charge on any atom is 0.401 e. The van der Waals surface area contributed by atoms with Crippen LogP contribution in [0.25, 0.3) is 0 Å². The monoisotopic (exact) mass is 308 g/mol. The average Bonchev–Trinajstić information content (AvgIpc) is 2.80. The summed E-state index contributed by atoms with van der Waals surface area (Å²) in [5.41, 5.74) is 0. The number of nitrogens with zero attached hydrogens (tertiary/aromatic N) is 3. The summed E-state index contributed by atoms with van der Waals surface area (Å²) in [6, 6.07) is 0.0433. The summed E-state index contributed by atoms with van der Waals surface area (Å²) >= 11 is 0. The Bertz CT molecular complexity index is 331. The number of rotatable bonds is 6. The van der Waals surface area contributed by atoms with Gasteiger partial charge in [-0.2, -0.15) is 13.2 Å². The zero-order valence-electron chi connectivity index (χ0n) is 13.2. The van der Waals surface area contributed by atoms with Crippen LogP contribution in [0.5, 0.6) is 0 Å². The molecule has 1 heterocycles. The molecule has 0 bridgehead atoms. The molecule has 1 aliphatic rings. The van der Waals surface area contributed by atoms with Gasteiger partial charge < -0.3 is 10.2 Å². The Kier molecular flexibility index (Phi) is 7.28. The smallest absolute Gasteiger partial charge is 0.352 e. The molecule has 1 N–H and O–H groups in total. The molecule has 0 saturated carbocycles. The van der Waals surface area contributed by atoms with Crippen molar-refractivity contribution >= 4 is 5.96 Å². The molecule has 0 aliphatic carbocycles. The minimum Gasteiger partial charge on any atom is -0.352 e. The van der Waals surface area contributed by atoms with Crippen molar-refractivity contribution in [2.45, 2.75) is 45.3 Å². The van der Waals surface area contributed by atoms with Gasteiger partial charge in [-0.15, -0.1) is 0 Å². The van der Waals surface area contributed by atoms with Gasteiger partial charge in [0.25, 0.3) is 0 Å². The van der Waals surface area contributed by atoms with Crippen molar-refractivity contribution in [3.05, 3.63) is 0 Å². The van der Waals surface area contributed by atoms with Gasteiger partial charge in [0.1, 0.15) is 0 Å². The fourth-order valence-electron chi connectivity index (χ4n) is 2.46. The first kappa shape index (κ1) is 18.1. The van der Waals surface area contributed by atoms with Gasteiger partial charge in [0.05, 0.1) is 6.54 Å². The van der Waals surface area contributed by atoms with Crippen molar-refractivity contribution in [2.75, 3.05) is 39.8 Å². The van der Waals surface area contributed by atoms with Gasteiger partial charge >= 0.3 is 6.18 Å². The Balaban J connectivity index is 2.48. The molecule has 1 fully saturated rings. The number of unbranched alkanes of at least 4 members (excludes halogenated alkanes) is 1. The molecule has 1 atom stereocenters. The first-order valence-electron chi connectivity index (χ1n) is 7.67. The fraction of sp³-hybridized carbons (Fsp3) is 0.929. The maximum atomic E-state index is 12.4. The average molecular weight is 308 g/mol. The molecule has 1 aliphatic heterocycles. The number of aliphatic imine (C=N–C) groups is 1. The van der Waals surface area contributed by atoms with Crippen LogP contribution in [0.3, 0.4) is 0 Å². The zero-order chi connectivity index (χ0) is 15.9. The Morgan fingerprint density at radius 2 is 2.10 bits per heavy atom. The van der Waals surface area contributed by atoms with Crippen LogP contribution >= 0.6 is 0 Å². The predicted molar refractivity (Wildman–Crippen MR) is 79.5 cm³/mol. The van der Waals surface area contributed by atoms with Crippen LogP contribution in [-0.2, 0) is 0 Å². The lowest BCUT2D eigenvalue weighted by Gasteiger charge is -2.25. The minimum atomic E-state index is -4.12. The summed E-state index contributed by atoms with van der Waals surface area (Å²) in [6.07, 6.45) is -1.22. The molecular weight excluding hydrogens is 281 g/mol. The van der Waals surface area contributed by atoms with E-state index in [9.17, 15) is 13.2 Å². The molecule has 21 heavy (non-hydrogen) atoms. The summed E-state index contributed by atoms with van der Waals surface area (Å²) in [5.74, 6) is 0.796. The molecule has 1 rings (SSSR count). The fourth-order valence-corrected chi connectivity index (χ4v) is 2.46. The summed E-state index contributed by atoms with van der Waals surface area (Å²) in [5, 5.41) is 3.31. The van der Waals surface area contributed by atoms with E-state index in [-0.39, 0.29) is 6.04 Å². The Morgan fingerprint density at radius 3 is 2.67 bits per heavy atom. The third-order valence-corrected chi connectivity index (χ3v) is 3.53. The summed E-state index contributed by atoms with van der Waals surface area (Å²) in [7, 11) is 1.97. The van der Waals surface area contributed by atoms with Crippen LogP contribution < -0.4 is 5.32 Å². The Hall–Kier alpha value is -0.980. The lowest BCUT2D eigenvalue weighted by Crippen LogP contribution is -2.46. The van der Waals surface area contributed by atoms with E-state index in [0.717, 1.165) is 31.8 Å². The molecular formula is C14H27F3N4. The number of guanidine groups is 1. The van der Waals surface area contributed by atoms with Crippen molar-refractivity contribution in [1.29, 1.82) is 0 Å². The molecule has 0 aromatic carbocycles. The third kappa shape index (κ3) is 7.02. The van der Waals surface area contributed by atoms with E-state index in [1.54, 1.807) is 0 Å². The highest BCUT2D eigenvalue weighted by Gasteiger charge is 2.34. The van der Waals surface area contributed by atoms with Gasteiger partial charge in [0, 0.05) is 39.3 Å². The van der Waals surface area contributed by atoms with Crippen molar-refractivity contribution in [3.63, 3.8) is 0 Å². The van der Waals surface area contributed by atoms with E-state index in [0.29, 0.717) is 19.6 Å². The van der Waals surface area contributed by atoms with Crippen molar-refractivity contribution in [2.24, 2.45) is 4.99 Å². The molecule has 4 nitrogen and oxygen atoms in total. The van der Waals surface area contributed by atoms with Crippen molar-refractivity contribution < 1.29 is 13.2 Å². The second-order valence-electron chi connectivity index (χ2n) is 5.55. The lowest BCUT2D eigenvalue weighted by molar-refractivity contribution is -0.143. The largest absolute Gasteiger partial charge is 0.401 e. The van der Waals surface area contributed by atoms with Crippen LogP contribution in [0.4, 0.5) is 13.2 Å². The molecule has 0 aromatic rings. The third-order valence-electron chi connectivity index (χ3n) is 3.53. The molecule has 0 aromatic heterocycles. The lowest BCUT2D eigenvalue weighted by atomic mass is 10.2. The topological polar surface area (TPSA) is 30.9 Å². The predicted octanol–water partition coefficient (Wildman–Crippen LogP) is 2.32. The van der Waals surface area contributed by atoms with E-state index in [2.05, 4.69) is 22.1 Å². The van der Waals surface area contributed by atoms with Crippen LogP contribution in [0.2, 0.25) is 0 Å². The van der Waals surface area contributed by atoms with Gasteiger partial charge in [0.15, 0.2) is 5.96 Å². The Morgan fingerprint density at radius 1 is 1.38 bits per heavy atom. The summed E-state index contributed by atoms with van der Waals surface area (Å²) < 4.78 is 37.2.